The first-order valence-electron chi connectivity index (χ1n) is 6.47. The van der Waals surface area contributed by atoms with E-state index < -0.39 is 0 Å². The minimum absolute atomic E-state index is 0.308. The highest BCUT2D eigenvalue weighted by molar-refractivity contribution is 5.67. The fourth-order valence-electron chi connectivity index (χ4n) is 2.47. The monoisotopic (exact) mass is 234 g/mol. The number of anilines is 2. The highest BCUT2D eigenvalue weighted by Gasteiger charge is 2.19. The third kappa shape index (κ3) is 2.72. The summed E-state index contributed by atoms with van der Waals surface area (Å²) in [5, 5.41) is 8.75. The first kappa shape index (κ1) is 12.2. The largest absolute Gasteiger partial charge is 0.398 e. The number of aliphatic hydroxyl groups excluding tert-OH is 1. The van der Waals surface area contributed by atoms with Gasteiger partial charge >= 0.3 is 0 Å². The van der Waals surface area contributed by atoms with Crippen molar-refractivity contribution in [1.82, 2.24) is 0 Å². The van der Waals surface area contributed by atoms with E-state index in [0.717, 1.165) is 44.5 Å². The van der Waals surface area contributed by atoms with Gasteiger partial charge in [0.1, 0.15) is 0 Å². The van der Waals surface area contributed by atoms with Crippen LogP contribution in [0, 0.1) is 6.92 Å². The van der Waals surface area contributed by atoms with E-state index in [0.29, 0.717) is 6.61 Å². The fourth-order valence-corrected chi connectivity index (χ4v) is 2.47. The minimum atomic E-state index is 0.308. The van der Waals surface area contributed by atoms with Crippen LogP contribution in [0.2, 0.25) is 0 Å². The standard InChI is InChI=1S/C14H22N2O/c1-11-9-12-5-7-16(6-3-2-4-8-17)14(12)10-13(11)15/h9-10,17H,2-8,15H2,1H3. The number of aryl methyl sites for hydroxylation is 1. The molecule has 0 spiro atoms. The van der Waals surface area contributed by atoms with Crippen molar-refractivity contribution in [1.29, 1.82) is 0 Å². The van der Waals surface area contributed by atoms with E-state index in [1.807, 2.05) is 0 Å². The first-order valence-corrected chi connectivity index (χ1v) is 6.47. The summed E-state index contributed by atoms with van der Waals surface area (Å²) in [5.74, 6) is 0. The molecule has 0 saturated carbocycles. The number of nitrogens with zero attached hydrogens (tertiary/aromatic N) is 1. The lowest BCUT2D eigenvalue weighted by atomic mass is 10.1. The summed E-state index contributed by atoms with van der Waals surface area (Å²) in [6.07, 6.45) is 4.30. The second kappa shape index (κ2) is 5.41. The molecule has 0 fully saturated rings. The average Bonchev–Trinajstić information content (AvgIpc) is 2.68. The maximum absolute atomic E-state index is 8.75. The molecule has 1 aliphatic rings. The first-order chi connectivity index (χ1) is 8.22. The summed E-state index contributed by atoms with van der Waals surface area (Å²) >= 11 is 0. The Morgan fingerprint density at radius 3 is 2.88 bits per heavy atom. The van der Waals surface area contributed by atoms with E-state index in [4.69, 9.17) is 10.8 Å². The molecular weight excluding hydrogens is 212 g/mol. The number of hydrogen-bond acceptors (Lipinski definition) is 3. The van der Waals surface area contributed by atoms with Crippen LogP contribution in [0.4, 0.5) is 11.4 Å². The number of unbranched alkanes of at least 4 members (excludes halogenated alkanes) is 2. The van der Waals surface area contributed by atoms with Crippen molar-refractivity contribution in [3.05, 3.63) is 23.3 Å². The third-order valence-electron chi connectivity index (χ3n) is 3.55. The SMILES string of the molecule is Cc1cc2c(cc1N)N(CCCCCO)CC2. The zero-order valence-corrected chi connectivity index (χ0v) is 10.6. The van der Waals surface area contributed by atoms with Gasteiger partial charge in [-0.25, -0.2) is 0 Å². The number of aliphatic hydroxyl groups is 1. The molecule has 1 aromatic carbocycles. The molecular formula is C14H22N2O. The van der Waals surface area contributed by atoms with Gasteiger partial charge in [0.25, 0.3) is 0 Å². The summed E-state index contributed by atoms with van der Waals surface area (Å²) in [6.45, 7) is 4.56. The van der Waals surface area contributed by atoms with Crippen LogP contribution in [0.25, 0.3) is 0 Å². The van der Waals surface area contributed by atoms with Crippen molar-refractivity contribution >= 4 is 11.4 Å². The van der Waals surface area contributed by atoms with Gasteiger partial charge in [0, 0.05) is 31.1 Å². The molecule has 0 bridgehead atoms. The Kier molecular flexibility index (Phi) is 3.89. The van der Waals surface area contributed by atoms with Crippen molar-refractivity contribution in [2.45, 2.75) is 32.6 Å². The van der Waals surface area contributed by atoms with Crippen molar-refractivity contribution in [2.24, 2.45) is 0 Å². The minimum Gasteiger partial charge on any atom is -0.398 e. The lowest BCUT2D eigenvalue weighted by Gasteiger charge is -2.20. The Morgan fingerprint density at radius 1 is 1.29 bits per heavy atom. The van der Waals surface area contributed by atoms with Crippen LogP contribution in [0.5, 0.6) is 0 Å². The van der Waals surface area contributed by atoms with Crippen LogP contribution in [0.3, 0.4) is 0 Å². The highest BCUT2D eigenvalue weighted by Crippen LogP contribution is 2.32. The van der Waals surface area contributed by atoms with Crippen LogP contribution in [-0.2, 0) is 6.42 Å². The van der Waals surface area contributed by atoms with E-state index in [1.165, 1.54) is 16.8 Å². The Bertz CT molecular complexity index is 390. The molecule has 2 rings (SSSR count). The Balaban J connectivity index is 1.99. The summed E-state index contributed by atoms with van der Waals surface area (Å²) in [7, 11) is 0. The number of nitrogen functional groups attached to an aromatic ring is 1. The van der Waals surface area contributed by atoms with Gasteiger partial charge in [-0.3, -0.25) is 0 Å². The molecule has 1 heterocycles. The van der Waals surface area contributed by atoms with Gasteiger partial charge < -0.3 is 15.7 Å². The number of rotatable bonds is 5. The smallest absolute Gasteiger partial charge is 0.0431 e. The second-order valence-electron chi connectivity index (χ2n) is 4.86. The summed E-state index contributed by atoms with van der Waals surface area (Å²) < 4.78 is 0. The molecule has 0 saturated heterocycles. The summed E-state index contributed by atoms with van der Waals surface area (Å²) in [6, 6.07) is 4.34. The van der Waals surface area contributed by atoms with Crippen LogP contribution >= 0.6 is 0 Å². The van der Waals surface area contributed by atoms with Gasteiger partial charge in [0.05, 0.1) is 0 Å². The molecule has 1 aromatic rings. The molecule has 0 atom stereocenters. The van der Waals surface area contributed by atoms with E-state index >= 15 is 0 Å². The Hall–Kier alpha value is -1.22. The van der Waals surface area contributed by atoms with Gasteiger partial charge in [0.2, 0.25) is 0 Å². The van der Waals surface area contributed by atoms with Crippen LogP contribution in [0.15, 0.2) is 12.1 Å². The number of nitrogens with two attached hydrogens (primary N) is 1. The molecule has 94 valence electrons. The van der Waals surface area contributed by atoms with E-state index in [1.54, 1.807) is 0 Å². The topological polar surface area (TPSA) is 49.5 Å². The lowest BCUT2D eigenvalue weighted by Crippen LogP contribution is -2.21. The van der Waals surface area contributed by atoms with Crippen molar-refractivity contribution < 1.29 is 5.11 Å². The lowest BCUT2D eigenvalue weighted by molar-refractivity contribution is 0.283. The molecule has 1 aliphatic heterocycles. The summed E-state index contributed by atoms with van der Waals surface area (Å²) in [4.78, 5) is 2.42. The Morgan fingerprint density at radius 2 is 2.12 bits per heavy atom. The molecule has 3 N–H and O–H groups in total. The molecule has 0 aromatic heterocycles. The Labute approximate surface area is 103 Å². The molecule has 0 unspecified atom stereocenters. The molecule has 3 nitrogen and oxygen atoms in total. The van der Waals surface area contributed by atoms with Crippen LogP contribution < -0.4 is 10.6 Å². The fraction of sp³-hybridized carbons (Fsp3) is 0.571. The number of hydrogen-bond donors (Lipinski definition) is 2. The molecule has 0 amide bonds. The number of fused-ring (bicyclic) bond motifs is 1. The van der Waals surface area contributed by atoms with E-state index in [2.05, 4.69) is 24.0 Å². The average molecular weight is 234 g/mol. The van der Waals surface area contributed by atoms with Crippen molar-refractivity contribution in [3.63, 3.8) is 0 Å². The maximum Gasteiger partial charge on any atom is 0.0431 e. The van der Waals surface area contributed by atoms with Crippen molar-refractivity contribution in [3.8, 4) is 0 Å². The predicted molar refractivity (Wildman–Crippen MR) is 72.4 cm³/mol. The van der Waals surface area contributed by atoms with Gasteiger partial charge in [-0.05, 0) is 49.8 Å². The van der Waals surface area contributed by atoms with Gasteiger partial charge in [0.15, 0.2) is 0 Å². The van der Waals surface area contributed by atoms with E-state index in [-0.39, 0.29) is 0 Å². The quantitative estimate of drug-likeness (QED) is 0.606. The molecule has 3 heteroatoms. The zero-order valence-electron chi connectivity index (χ0n) is 10.6. The maximum atomic E-state index is 8.75. The summed E-state index contributed by atoms with van der Waals surface area (Å²) in [5.41, 5.74) is 10.8. The second-order valence-corrected chi connectivity index (χ2v) is 4.86. The third-order valence-corrected chi connectivity index (χ3v) is 3.55. The molecule has 0 radical (unpaired) electrons. The van der Waals surface area contributed by atoms with Gasteiger partial charge in [-0.15, -0.1) is 0 Å². The van der Waals surface area contributed by atoms with Gasteiger partial charge in [-0.1, -0.05) is 6.07 Å². The zero-order chi connectivity index (χ0) is 12.3. The molecule has 0 aliphatic carbocycles. The van der Waals surface area contributed by atoms with Crippen molar-refractivity contribution in [2.75, 3.05) is 30.3 Å². The normalized spacial score (nSPS) is 14.1. The van der Waals surface area contributed by atoms with Crippen LogP contribution in [-0.4, -0.2) is 24.8 Å². The van der Waals surface area contributed by atoms with Gasteiger partial charge in [-0.2, -0.15) is 0 Å². The van der Waals surface area contributed by atoms with Crippen LogP contribution in [0.1, 0.15) is 30.4 Å². The highest BCUT2D eigenvalue weighted by atomic mass is 16.2. The molecule has 17 heavy (non-hydrogen) atoms. The predicted octanol–water partition coefficient (Wildman–Crippen LogP) is 2.10. The number of benzene rings is 1. The van der Waals surface area contributed by atoms with E-state index in [9.17, 15) is 0 Å².